The molecule has 1 aliphatic rings. The van der Waals surface area contributed by atoms with Crippen LogP contribution in [0, 0.1) is 5.82 Å². The standard InChI is InChI=1S/C31H35ClFN3O5S/c1-3-41-29-11-7-6-10-28(29)36(42(39,40)27-18-14-24(32)15-19-27)21-30(37)35(20-23-12-16-25(33)17-13-23)22(2)31(38)34-26-8-4-5-9-26/h6-7,10-19,22,26H,3-5,8-9,20-21H2,1-2H3,(H,34,38). The summed E-state index contributed by atoms with van der Waals surface area (Å²) in [5.74, 6) is -1.10. The van der Waals surface area contributed by atoms with Crippen LogP contribution in [0.4, 0.5) is 10.1 Å². The molecular formula is C31H35ClFN3O5S. The second-order valence-electron chi connectivity index (χ2n) is 10.2. The topological polar surface area (TPSA) is 96.0 Å². The van der Waals surface area contributed by atoms with Gasteiger partial charge in [-0.25, -0.2) is 12.8 Å². The van der Waals surface area contributed by atoms with Crippen LogP contribution in [0.15, 0.2) is 77.7 Å². The summed E-state index contributed by atoms with van der Waals surface area (Å²) >= 11 is 6.01. The molecule has 1 unspecified atom stereocenters. The van der Waals surface area contributed by atoms with E-state index < -0.39 is 34.3 Å². The molecule has 4 rings (SSSR count). The Morgan fingerprint density at radius 3 is 2.31 bits per heavy atom. The highest BCUT2D eigenvalue weighted by Gasteiger charge is 2.34. The Morgan fingerprint density at radius 1 is 1.02 bits per heavy atom. The molecule has 3 aromatic carbocycles. The van der Waals surface area contributed by atoms with Crippen LogP contribution in [0.1, 0.15) is 45.1 Å². The van der Waals surface area contributed by atoms with Gasteiger partial charge in [-0.05, 0) is 80.8 Å². The Labute approximate surface area is 251 Å². The minimum Gasteiger partial charge on any atom is -0.492 e. The van der Waals surface area contributed by atoms with Gasteiger partial charge in [-0.2, -0.15) is 0 Å². The monoisotopic (exact) mass is 615 g/mol. The number of benzene rings is 3. The van der Waals surface area contributed by atoms with Crippen molar-refractivity contribution in [1.82, 2.24) is 10.2 Å². The maximum absolute atomic E-state index is 14.1. The van der Waals surface area contributed by atoms with Crippen molar-refractivity contribution in [3.05, 3.63) is 89.2 Å². The van der Waals surface area contributed by atoms with Crippen LogP contribution < -0.4 is 14.4 Å². The summed E-state index contributed by atoms with van der Waals surface area (Å²) in [5, 5.41) is 3.38. The molecule has 0 spiro atoms. The molecule has 8 nitrogen and oxygen atoms in total. The fourth-order valence-corrected chi connectivity index (χ4v) is 6.50. The van der Waals surface area contributed by atoms with Gasteiger partial charge in [0.2, 0.25) is 11.8 Å². The number of carbonyl (C=O) groups is 2. The predicted molar refractivity (Wildman–Crippen MR) is 160 cm³/mol. The van der Waals surface area contributed by atoms with Crippen LogP contribution >= 0.6 is 11.6 Å². The van der Waals surface area contributed by atoms with Crippen molar-refractivity contribution in [3.8, 4) is 5.75 Å². The third-order valence-electron chi connectivity index (χ3n) is 7.25. The van der Waals surface area contributed by atoms with Gasteiger partial charge in [-0.3, -0.25) is 13.9 Å². The number of amides is 2. The molecule has 1 N–H and O–H groups in total. The van der Waals surface area contributed by atoms with Crippen molar-refractivity contribution < 1.29 is 27.1 Å². The third-order valence-corrected chi connectivity index (χ3v) is 9.28. The van der Waals surface area contributed by atoms with Gasteiger partial charge in [0.05, 0.1) is 17.2 Å². The lowest BCUT2D eigenvalue weighted by atomic mass is 10.1. The van der Waals surface area contributed by atoms with E-state index in [-0.39, 0.29) is 41.4 Å². The van der Waals surface area contributed by atoms with Crippen LogP contribution in [-0.2, 0) is 26.2 Å². The number of ether oxygens (including phenoxy) is 1. The Hall–Kier alpha value is -3.63. The first kappa shape index (κ1) is 31.3. The molecule has 0 aliphatic heterocycles. The highest BCUT2D eigenvalue weighted by molar-refractivity contribution is 7.92. The maximum Gasteiger partial charge on any atom is 0.264 e. The van der Waals surface area contributed by atoms with Gasteiger partial charge < -0.3 is 15.0 Å². The number of nitrogens with zero attached hydrogens (tertiary/aromatic N) is 2. The molecule has 3 aromatic rings. The summed E-state index contributed by atoms with van der Waals surface area (Å²) in [6.07, 6.45) is 3.78. The van der Waals surface area contributed by atoms with Gasteiger partial charge in [0.1, 0.15) is 24.2 Å². The second kappa shape index (κ2) is 14.0. The zero-order valence-corrected chi connectivity index (χ0v) is 25.2. The van der Waals surface area contributed by atoms with Crippen LogP contribution in [-0.4, -0.2) is 50.4 Å². The Morgan fingerprint density at radius 2 is 1.67 bits per heavy atom. The number of nitrogens with one attached hydrogen (secondary N) is 1. The number of anilines is 1. The van der Waals surface area contributed by atoms with E-state index in [0.717, 1.165) is 30.0 Å². The molecule has 0 radical (unpaired) electrons. The normalized spacial score (nSPS) is 14.3. The van der Waals surface area contributed by atoms with Gasteiger partial charge in [0, 0.05) is 17.6 Å². The maximum atomic E-state index is 14.1. The average molecular weight is 616 g/mol. The molecule has 11 heteroatoms. The fourth-order valence-electron chi connectivity index (χ4n) is 4.95. The van der Waals surface area contributed by atoms with E-state index in [9.17, 15) is 22.4 Å². The lowest BCUT2D eigenvalue weighted by Gasteiger charge is -2.33. The molecule has 0 saturated heterocycles. The Balaban J connectivity index is 1.72. The molecule has 1 saturated carbocycles. The summed E-state index contributed by atoms with van der Waals surface area (Å²) in [4.78, 5) is 28.6. The van der Waals surface area contributed by atoms with Crippen molar-refractivity contribution >= 4 is 39.1 Å². The summed E-state index contributed by atoms with van der Waals surface area (Å²) < 4.78 is 48.4. The van der Waals surface area contributed by atoms with Crippen molar-refractivity contribution in [2.75, 3.05) is 17.5 Å². The van der Waals surface area contributed by atoms with Crippen LogP contribution in [0.5, 0.6) is 5.75 Å². The zero-order chi connectivity index (χ0) is 30.3. The van der Waals surface area contributed by atoms with Crippen molar-refractivity contribution in [2.45, 2.75) is 63.1 Å². The van der Waals surface area contributed by atoms with E-state index >= 15 is 0 Å². The third kappa shape index (κ3) is 7.60. The highest BCUT2D eigenvalue weighted by Crippen LogP contribution is 2.33. The largest absolute Gasteiger partial charge is 0.492 e. The van der Waals surface area contributed by atoms with E-state index in [1.807, 2.05) is 0 Å². The van der Waals surface area contributed by atoms with Crippen molar-refractivity contribution in [3.63, 3.8) is 0 Å². The lowest BCUT2D eigenvalue weighted by Crippen LogP contribution is -2.52. The van der Waals surface area contributed by atoms with E-state index in [1.54, 1.807) is 38.1 Å². The van der Waals surface area contributed by atoms with Gasteiger partial charge >= 0.3 is 0 Å². The minimum atomic E-state index is -4.29. The van der Waals surface area contributed by atoms with E-state index in [2.05, 4.69) is 5.32 Å². The number of hydrogen-bond donors (Lipinski definition) is 1. The minimum absolute atomic E-state index is 0.0275. The molecule has 1 aliphatic carbocycles. The molecule has 0 aromatic heterocycles. The SMILES string of the molecule is CCOc1ccccc1N(CC(=O)N(Cc1ccc(F)cc1)C(C)C(=O)NC1CCCC1)S(=O)(=O)c1ccc(Cl)cc1. The predicted octanol–water partition coefficient (Wildman–Crippen LogP) is 5.55. The van der Waals surface area contributed by atoms with Crippen molar-refractivity contribution in [2.24, 2.45) is 0 Å². The second-order valence-corrected chi connectivity index (χ2v) is 12.5. The zero-order valence-electron chi connectivity index (χ0n) is 23.6. The number of halogens is 2. The molecule has 42 heavy (non-hydrogen) atoms. The molecule has 1 fully saturated rings. The van der Waals surface area contributed by atoms with Crippen LogP contribution in [0.2, 0.25) is 5.02 Å². The van der Waals surface area contributed by atoms with Crippen LogP contribution in [0.25, 0.3) is 0 Å². The smallest absolute Gasteiger partial charge is 0.264 e. The first-order valence-corrected chi connectivity index (χ1v) is 15.8. The Kier molecular flexibility index (Phi) is 10.5. The summed E-state index contributed by atoms with van der Waals surface area (Å²) in [5.41, 5.74) is 0.763. The average Bonchev–Trinajstić information content (AvgIpc) is 3.49. The van der Waals surface area contributed by atoms with E-state index in [0.29, 0.717) is 10.6 Å². The molecule has 0 bridgehead atoms. The van der Waals surface area contributed by atoms with Gasteiger partial charge in [-0.15, -0.1) is 0 Å². The van der Waals surface area contributed by atoms with Gasteiger partial charge in [0.25, 0.3) is 10.0 Å². The van der Waals surface area contributed by atoms with Gasteiger partial charge in [-0.1, -0.05) is 48.7 Å². The summed E-state index contributed by atoms with van der Waals surface area (Å²) in [6.45, 7) is 3.01. The quantitative estimate of drug-likeness (QED) is 0.288. The first-order valence-electron chi connectivity index (χ1n) is 13.9. The van der Waals surface area contributed by atoms with Crippen LogP contribution in [0.3, 0.4) is 0 Å². The number of sulfonamides is 1. The molecule has 0 heterocycles. The summed E-state index contributed by atoms with van der Waals surface area (Å²) in [6, 6.07) is 16.9. The highest BCUT2D eigenvalue weighted by atomic mass is 35.5. The molecule has 2 amide bonds. The molecule has 224 valence electrons. The number of hydrogen-bond acceptors (Lipinski definition) is 5. The first-order chi connectivity index (χ1) is 20.1. The molecular weight excluding hydrogens is 581 g/mol. The van der Waals surface area contributed by atoms with E-state index in [4.69, 9.17) is 16.3 Å². The molecule has 1 atom stereocenters. The Bertz CT molecular complexity index is 1480. The van der Waals surface area contributed by atoms with E-state index in [1.165, 1.54) is 53.4 Å². The van der Waals surface area contributed by atoms with Gasteiger partial charge in [0.15, 0.2) is 0 Å². The number of para-hydroxylation sites is 2. The lowest BCUT2D eigenvalue weighted by molar-refractivity contribution is -0.139. The summed E-state index contributed by atoms with van der Waals surface area (Å²) in [7, 11) is -4.29. The fraction of sp³-hybridized carbons (Fsp3) is 0.355. The number of carbonyl (C=O) groups excluding carboxylic acids is 2. The number of rotatable bonds is 12. The van der Waals surface area contributed by atoms with Crippen molar-refractivity contribution in [1.29, 1.82) is 0 Å².